The number of rotatable bonds is 5. The zero-order chi connectivity index (χ0) is 17.4. The average molecular weight is 397 g/mol. The molecule has 0 aliphatic rings. The van der Waals surface area contributed by atoms with E-state index >= 15 is 0 Å². The number of imidazole rings is 1. The maximum absolute atomic E-state index is 4.53. The third-order valence-corrected chi connectivity index (χ3v) is 4.51. The minimum absolute atomic E-state index is 0.746. The van der Waals surface area contributed by atoms with Crippen molar-refractivity contribution >= 4 is 44.0 Å². The maximum atomic E-state index is 4.53. The van der Waals surface area contributed by atoms with Crippen molar-refractivity contribution in [2.24, 2.45) is 0 Å². The first-order valence-electron chi connectivity index (χ1n) is 7.98. The number of aromatic amines is 1. The molecule has 2 N–H and O–H groups in total. The number of hydrogen-bond donors (Lipinski definition) is 2. The number of H-pyrrole nitrogens is 1. The molecule has 0 saturated carbocycles. The van der Waals surface area contributed by atoms with E-state index in [4.69, 9.17) is 0 Å². The smallest absolute Gasteiger partial charge is 0.180 e. The normalized spacial score (nSPS) is 11.3. The van der Waals surface area contributed by atoms with Crippen LogP contribution in [0, 0.1) is 0 Å². The van der Waals surface area contributed by atoms with Crippen molar-refractivity contribution in [3.8, 4) is 0 Å². The summed E-state index contributed by atoms with van der Waals surface area (Å²) in [5.74, 6) is 0.750. The summed E-state index contributed by atoms with van der Waals surface area (Å²) in [5.41, 5.74) is 4.88. The standard InChI is InChI=1S/C18H17BrN6/c1-11(2)14-9-23-18-17(24-15(19)10-25(14)18)21-7-5-12-8-22-16-13(12)4-3-6-20-16/h3-4,6,8-10H,1,5,7H2,2H3,(H,20,22)(H,21,24). The Balaban J connectivity index is 1.58. The molecule has 0 unspecified atom stereocenters. The predicted octanol–water partition coefficient (Wildman–Crippen LogP) is 4.06. The zero-order valence-electron chi connectivity index (χ0n) is 13.8. The highest BCUT2D eigenvalue weighted by Crippen LogP contribution is 2.22. The molecule has 0 saturated heterocycles. The third kappa shape index (κ3) is 2.91. The molecule has 4 aromatic heterocycles. The van der Waals surface area contributed by atoms with Gasteiger partial charge in [-0.15, -0.1) is 0 Å². The summed E-state index contributed by atoms with van der Waals surface area (Å²) < 4.78 is 2.75. The number of halogens is 1. The number of fused-ring (bicyclic) bond motifs is 2. The van der Waals surface area contributed by atoms with E-state index in [1.54, 1.807) is 6.20 Å². The van der Waals surface area contributed by atoms with Crippen molar-refractivity contribution in [3.05, 3.63) is 59.4 Å². The van der Waals surface area contributed by atoms with Crippen LogP contribution in [0.15, 0.2) is 48.1 Å². The van der Waals surface area contributed by atoms with Gasteiger partial charge in [0, 0.05) is 30.5 Å². The zero-order valence-corrected chi connectivity index (χ0v) is 15.3. The lowest BCUT2D eigenvalue weighted by atomic mass is 10.1. The van der Waals surface area contributed by atoms with Gasteiger partial charge in [0.1, 0.15) is 10.3 Å². The van der Waals surface area contributed by atoms with Gasteiger partial charge in [0.05, 0.1) is 11.9 Å². The second-order valence-corrected chi connectivity index (χ2v) is 6.73. The molecule has 6 nitrogen and oxygen atoms in total. The largest absolute Gasteiger partial charge is 0.367 e. The van der Waals surface area contributed by atoms with Crippen LogP contribution in [-0.4, -0.2) is 30.9 Å². The van der Waals surface area contributed by atoms with E-state index in [-0.39, 0.29) is 0 Å². The third-order valence-electron chi connectivity index (χ3n) is 4.12. The van der Waals surface area contributed by atoms with Crippen LogP contribution in [-0.2, 0) is 6.42 Å². The van der Waals surface area contributed by atoms with Gasteiger partial charge in [-0.1, -0.05) is 6.58 Å². The highest BCUT2D eigenvalue weighted by atomic mass is 79.9. The van der Waals surface area contributed by atoms with E-state index in [1.165, 1.54) is 5.56 Å². The highest BCUT2D eigenvalue weighted by Gasteiger charge is 2.11. The number of nitrogens with one attached hydrogen (secondary N) is 2. The Kier molecular flexibility index (Phi) is 4.01. The van der Waals surface area contributed by atoms with Crippen LogP contribution in [0.3, 0.4) is 0 Å². The number of hydrogen-bond acceptors (Lipinski definition) is 4. The second kappa shape index (κ2) is 6.33. The molecule has 0 atom stereocenters. The summed E-state index contributed by atoms with van der Waals surface area (Å²) in [6.45, 7) is 6.72. The Labute approximate surface area is 153 Å². The number of anilines is 1. The molecule has 0 spiro atoms. The fourth-order valence-electron chi connectivity index (χ4n) is 2.93. The minimum Gasteiger partial charge on any atom is -0.367 e. The average Bonchev–Trinajstić information content (AvgIpc) is 3.19. The van der Waals surface area contributed by atoms with Gasteiger partial charge < -0.3 is 10.3 Å². The van der Waals surface area contributed by atoms with Crippen LogP contribution in [0.1, 0.15) is 18.2 Å². The van der Waals surface area contributed by atoms with E-state index in [0.29, 0.717) is 0 Å². The van der Waals surface area contributed by atoms with Gasteiger partial charge in [-0.25, -0.2) is 15.0 Å². The van der Waals surface area contributed by atoms with E-state index in [0.717, 1.165) is 51.3 Å². The Bertz CT molecular complexity index is 1080. The van der Waals surface area contributed by atoms with E-state index in [9.17, 15) is 0 Å². The van der Waals surface area contributed by atoms with Gasteiger partial charge in [-0.2, -0.15) is 0 Å². The molecule has 0 aliphatic heterocycles. The van der Waals surface area contributed by atoms with E-state index < -0.39 is 0 Å². The molecule has 4 heterocycles. The summed E-state index contributed by atoms with van der Waals surface area (Å²) in [5, 5.41) is 4.55. The van der Waals surface area contributed by atoms with Crippen molar-refractivity contribution < 1.29 is 0 Å². The number of allylic oxidation sites excluding steroid dienone is 1. The monoisotopic (exact) mass is 396 g/mol. The van der Waals surface area contributed by atoms with Crippen LogP contribution >= 0.6 is 15.9 Å². The van der Waals surface area contributed by atoms with Crippen molar-refractivity contribution in [1.82, 2.24) is 24.3 Å². The number of nitrogens with zero attached hydrogens (tertiary/aromatic N) is 4. The Hall–Kier alpha value is -2.67. The molecule has 0 bridgehead atoms. The Morgan fingerprint density at radius 3 is 3.12 bits per heavy atom. The molecular weight excluding hydrogens is 380 g/mol. The first kappa shape index (κ1) is 15.8. The number of aromatic nitrogens is 5. The lowest BCUT2D eigenvalue weighted by molar-refractivity contribution is 0.997. The SMILES string of the molecule is C=C(C)c1cnc2c(NCCc3c[nH]c4ncccc34)nc(Br)cn12. The molecule has 0 fully saturated rings. The summed E-state index contributed by atoms with van der Waals surface area (Å²) in [6, 6.07) is 4.04. The topological polar surface area (TPSA) is 70.9 Å². The van der Waals surface area contributed by atoms with Crippen molar-refractivity contribution in [2.45, 2.75) is 13.3 Å². The summed E-state index contributed by atoms with van der Waals surface area (Å²) >= 11 is 3.47. The van der Waals surface area contributed by atoms with Crippen LogP contribution in [0.2, 0.25) is 0 Å². The predicted molar refractivity (Wildman–Crippen MR) is 104 cm³/mol. The number of pyridine rings is 1. The molecular formula is C18H17BrN6. The van der Waals surface area contributed by atoms with Crippen LogP contribution in [0.25, 0.3) is 22.3 Å². The summed E-state index contributed by atoms with van der Waals surface area (Å²) in [6.07, 6.45) is 8.39. The minimum atomic E-state index is 0.746. The van der Waals surface area contributed by atoms with E-state index in [1.807, 2.05) is 36.0 Å². The van der Waals surface area contributed by atoms with Crippen molar-refractivity contribution in [2.75, 3.05) is 11.9 Å². The van der Waals surface area contributed by atoms with Crippen molar-refractivity contribution in [3.63, 3.8) is 0 Å². The molecule has 0 aliphatic carbocycles. The molecule has 0 aromatic carbocycles. The van der Waals surface area contributed by atoms with E-state index in [2.05, 4.69) is 53.8 Å². The van der Waals surface area contributed by atoms with Gasteiger partial charge in [-0.05, 0) is 52.5 Å². The summed E-state index contributed by atoms with van der Waals surface area (Å²) in [7, 11) is 0. The second-order valence-electron chi connectivity index (χ2n) is 5.92. The fourth-order valence-corrected chi connectivity index (χ4v) is 3.31. The van der Waals surface area contributed by atoms with Gasteiger partial charge in [-0.3, -0.25) is 4.40 Å². The van der Waals surface area contributed by atoms with Crippen LogP contribution in [0.4, 0.5) is 5.82 Å². The molecule has 25 heavy (non-hydrogen) atoms. The highest BCUT2D eigenvalue weighted by molar-refractivity contribution is 9.10. The molecule has 7 heteroatoms. The van der Waals surface area contributed by atoms with Gasteiger partial charge >= 0.3 is 0 Å². The van der Waals surface area contributed by atoms with Gasteiger partial charge in [0.2, 0.25) is 0 Å². The first-order chi connectivity index (χ1) is 12.1. The maximum Gasteiger partial charge on any atom is 0.180 e. The molecule has 0 radical (unpaired) electrons. The van der Waals surface area contributed by atoms with Gasteiger partial charge in [0.15, 0.2) is 11.5 Å². The molecule has 4 rings (SSSR count). The van der Waals surface area contributed by atoms with Crippen LogP contribution < -0.4 is 5.32 Å². The quantitative estimate of drug-likeness (QED) is 0.533. The van der Waals surface area contributed by atoms with Crippen molar-refractivity contribution in [1.29, 1.82) is 0 Å². The lowest BCUT2D eigenvalue weighted by Crippen LogP contribution is -2.08. The molecule has 0 amide bonds. The lowest BCUT2D eigenvalue weighted by Gasteiger charge is -2.08. The summed E-state index contributed by atoms with van der Waals surface area (Å²) in [4.78, 5) is 16.5. The van der Waals surface area contributed by atoms with Gasteiger partial charge in [0.25, 0.3) is 0 Å². The Morgan fingerprint density at radius 2 is 2.28 bits per heavy atom. The molecule has 4 aromatic rings. The fraction of sp³-hybridized carbons (Fsp3) is 0.167. The van der Waals surface area contributed by atoms with Crippen LogP contribution in [0.5, 0.6) is 0 Å². The molecule has 126 valence electrons. The first-order valence-corrected chi connectivity index (χ1v) is 8.77. The Morgan fingerprint density at radius 1 is 1.40 bits per heavy atom.